The van der Waals surface area contributed by atoms with E-state index in [0.717, 1.165) is 48.7 Å². The Balaban J connectivity index is 2.12. The molecule has 2 rings (SSSR count). The monoisotopic (exact) mass is 341 g/mol. The average molecular weight is 341 g/mol. The van der Waals surface area contributed by atoms with E-state index in [0.29, 0.717) is 5.92 Å². The van der Waals surface area contributed by atoms with Gasteiger partial charge >= 0.3 is 0 Å². The van der Waals surface area contributed by atoms with Crippen LogP contribution < -0.4 is 9.47 Å². The lowest BCUT2D eigenvalue weighted by atomic mass is 10.0. The fourth-order valence-corrected chi connectivity index (χ4v) is 2.59. The van der Waals surface area contributed by atoms with Gasteiger partial charge in [0.15, 0.2) is 0 Å². The third-order valence-electron chi connectivity index (χ3n) is 4.44. The summed E-state index contributed by atoms with van der Waals surface area (Å²) in [6.07, 6.45) is 9.51. The molecule has 1 unspecified atom stereocenters. The number of hydrogen-bond donors (Lipinski definition) is 0. The second kappa shape index (κ2) is 10.8. The molecule has 25 heavy (non-hydrogen) atoms. The van der Waals surface area contributed by atoms with Crippen molar-refractivity contribution in [1.29, 1.82) is 0 Å². The molecule has 0 bridgehead atoms. The molecule has 0 N–H and O–H groups in total. The number of hydrogen-bond acceptors (Lipinski definition) is 3. The van der Waals surface area contributed by atoms with Gasteiger partial charge in [-0.2, -0.15) is 0 Å². The Kier molecular flexibility index (Phi) is 8.30. The number of nitrogens with zero attached hydrogens (tertiary/aromatic N) is 1. The number of rotatable bonds is 11. The second-order valence-corrected chi connectivity index (χ2v) is 6.60. The standard InChI is InChI=1S/C22H31NO2/c1-4-6-7-10-15-24-22-16-23-14-13-20(22)19-11-8-9-12-21(19)25-17-18(3)5-2/h8-9,11-14,16,18H,4-7,10,15,17H2,1-3H3. The highest BCUT2D eigenvalue weighted by Gasteiger charge is 2.12. The highest BCUT2D eigenvalue weighted by molar-refractivity contribution is 5.75. The van der Waals surface area contributed by atoms with Gasteiger partial charge in [0, 0.05) is 17.3 Å². The normalized spacial score (nSPS) is 12.0. The van der Waals surface area contributed by atoms with Crippen LogP contribution >= 0.6 is 0 Å². The zero-order valence-electron chi connectivity index (χ0n) is 15.8. The Labute approximate surface area is 152 Å². The molecule has 1 atom stereocenters. The van der Waals surface area contributed by atoms with Crippen molar-refractivity contribution in [1.82, 2.24) is 4.98 Å². The number of unbranched alkanes of at least 4 members (excludes halogenated alkanes) is 3. The maximum Gasteiger partial charge on any atom is 0.145 e. The van der Waals surface area contributed by atoms with Gasteiger partial charge in [-0.15, -0.1) is 0 Å². The van der Waals surface area contributed by atoms with Gasteiger partial charge in [-0.05, 0) is 24.5 Å². The van der Waals surface area contributed by atoms with Crippen LogP contribution in [-0.4, -0.2) is 18.2 Å². The van der Waals surface area contributed by atoms with Crippen LogP contribution in [0.5, 0.6) is 11.5 Å². The van der Waals surface area contributed by atoms with Gasteiger partial charge in [0.2, 0.25) is 0 Å². The number of pyridine rings is 1. The first-order valence-corrected chi connectivity index (χ1v) is 9.55. The predicted octanol–water partition coefficient (Wildman–Crippen LogP) is 6.13. The molecule has 1 aromatic heterocycles. The lowest BCUT2D eigenvalue weighted by molar-refractivity contribution is 0.257. The van der Waals surface area contributed by atoms with Crippen molar-refractivity contribution in [3.63, 3.8) is 0 Å². The van der Waals surface area contributed by atoms with E-state index in [-0.39, 0.29) is 0 Å². The van der Waals surface area contributed by atoms with Crippen molar-refractivity contribution in [2.24, 2.45) is 5.92 Å². The van der Waals surface area contributed by atoms with Crippen LogP contribution in [-0.2, 0) is 0 Å². The molecule has 3 nitrogen and oxygen atoms in total. The minimum absolute atomic E-state index is 0.541. The molecule has 0 aliphatic heterocycles. The van der Waals surface area contributed by atoms with Crippen molar-refractivity contribution >= 4 is 0 Å². The van der Waals surface area contributed by atoms with Gasteiger partial charge in [0.25, 0.3) is 0 Å². The van der Waals surface area contributed by atoms with E-state index in [2.05, 4.69) is 31.8 Å². The average Bonchev–Trinajstić information content (AvgIpc) is 2.66. The summed E-state index contributed by atoms with van der Waals surface area (Å²) in [5.41, 5.74) is 2.11. The molecule has 0 aliphatic carbocycles. The summed E-state index contributed by atoms with van der Waals surface area (Å²) in [7, 11) is 0. The van der Waals surface area contributed by atoms with Gasteiger partial charge in [0.1, 0.15) is 11.5 Å². The number of aromatic nitrogens is 1. The van der Waals surface area contributed by atoms with E-state index in [9.17, 15) is 0 Å². The van der Waals surface area contributed by atoms with Gasteiger partial charge in [-0.25, -0.2) is 0 Å². The van der Waals surface area contributed by atoms with Crippen LogP contribution in [0.1, 0.15) is 52.9 Å². The molecule has 1 heterocycles. The van der Waals surface area contributed by atoms with E-state index < -0.39 is 0 Å². The Hall–Kier alpha value is -2.03. The smallest absolute Gasteiger partial charge is 0.145 e. The molecule has 136 valence electrons. The topological polar surface area (TPSA) is 31.4 Å². The fraction of sp³-hybridized carbons (Fsp3) is 0.500. The highest BCUT2D eigenvalue weighted by atomic mass is 16.5. The lowest BCUT2D eigenvalue weighted by Crippen LogP contribution is -2.08. The van der Waals surface area contributed by atoms with E-state index in [1.807, 2.05) is 30.5 Å². The SMILES string of the molecule is CCCCCCOc1cnccc1-c1ccccc1OCC(C)CC. The summed E-state index contributed by atoms with van der Waals surface area (Å²) in [6.45, 7) is 8.07. The van der Waals surface area contributed by atoms with Crippen molar-refractivity contribution in [2.75, 3.05) is 13.2 Å². The van der Waals surface area contributed by atoms with Crippen LogP contribution in [0.4, 0.5) is 0 Å². The van der Waals surface area contributed by atoms with Gasteiger partial charge < -0.3 is 9.47 Å². The minimum Gasteiger partial charge on any atom is -0.493 e. The van der Waals surface area contributed by atoms with Crippen LogP contribution in [0.3, 0.4) is 0 Å². The summed E-state index contributed by atoms with van der Waals surface area (Å²) in [6, 6.07) is 10.2. The molecular weight excluding hydrogens is 310 g/mol. The molecule has 0 aliphatic rings. The van der Waals surface area contributed by atoms with Crippen molar-refractivity contribution < 1.29 is 9.47 Å². The van der Waals surface area contributed by atoms with Gasteiger partial charge in [0.05, 0.1) is 19.4 Å². The zero-order chi connectivity index (χ0) is 17.9. The molecule has 0 spiro atoms. The van der Waals surface area contributed by atoms with E-state index >= 15 is 0 Å². The Bertz CT molecular complexity index is 627. The first kappa shape index (κ1) is 19.3. The quantitative estimate of drug-likeness (QED) is 0.460. The maximum atomic E-state index is 6.08. The summed E-state index contributed by atoms with van der Waals surface area (Å²) in [5, 5.41) is 0. The van der Waals surface area contributed by atoms with Gasteiger partial charge in [-0.1, -0.05) is 64.7 Å². The van der Waals surface area contributed by atoms with E-state index in [1.165, 1.54) is 19.3 Å². The number of benzene rings is 1. The van der Waals surface area contributed by atoms with E-state index in [4.69, 9.17) is 9.47 Å². The molecule has 2 aromatic rings. The predicted molar refractivity (Wildman–Crippen MR) is 104 cm³/mol. The Morgan fingerprint density at radius 3 is 2.52 bits per heavy atom. The first-order valence-electron chi connectivity index (χ1n) is 9.55. The number of ether oxygens (including phenoxy) is 2. The molecule has 0 saturated carbocycles. The van der Waals surface area contributed by atoms with Crippen LogP contribution in [0.2, 0.25) is 0 Å². The third kappa shape index (κ3) is 6.08. The highest BCUT2D eigenvalue weighted by Crippen LogP contribution is 2.36. The molecule has 0 fully saturated rings. The molecule has 3 heteroatoms. The molecular formula is C22H31NO2. The molecule has 1 aromatic carbocycles. The van der Waals surface area contributed by atoms with Crippen LogP contribution in [0.25, 0.3) is 11.1 Å². The summed E-state index contributed by atoms with van der Waals surface area (Å²) in [4.78, 5) is 4.24. The van der Waals surface area contributed by atoms with Crippen LogP contribution in [0, 0.1) is 5.92 Å². The molecule has 0 amide bonds. The summed E-state index contributed by atoms with van der Waals surface area (Å²) in [5.74, 6) is 2.28. The van der Waals surface area contributed by atoms with Crippen molar-refractivity contribution in [3.8, 4) is 22.6 Å². The van der Waals surface area contributed by atoms with Crippen LogP contribution in [0.15, 0.2) is 42.7 Å². The minimum atomic E-state index is 0.541. The lowest BCUT2D eigenvalue weighted by Gasteiger charge is -2.16. The second-order valence-electron chi connectivity index (χ2n) is 6.60. The largest absolute Gasteiger partial charge is 0.493 e. The summed E-state index contributed by atoms with van der Waals surface area (Å²) < 4.78 is 12.1. The zero-order valence-corrected chi connectivity index (χ0v) is 15.8. The first-order chi connectivity index (χ1) is 12.3. The number of para-hydroxylation sites is 1. The molecule has 0 radical (unpaired) electrons. The van der Waals surface area contributed by atoms with E-state index in [1.54, 1.807) is 6.20 Å². The Morgan fingerprint density at radius 1 is 0.920 bits per heavy atom. The van der Waals surface area contributed by atoms with Crippen molar-refractivity contribution in [3.05, 3.63) is 42.7 Å². The summed E-state index contributed by atoms with van der Waals surface area (Å²) >= 11 is 0. The van der Waals surface area contributed by atoms with Crippen molar-refractivity contribution in [2.45, 2.75) is 52.9 Å². The molecule has 0 saturated heterocycles. The van der Waals surface area contributed by atoms with Gasteiger partial charge in [-0.3, -0.25) is 4.98 Å². The third-order valence-corrected chi connectivity index (χ3v) is 4.44. The maximum absolute atomic E-state index is 6.08. The Morgan fingerprint density at radius 2 is 1.72 bits per heavy atom. The fourth-order valence-electron chi connectivity index (χ4n) is 2.59.